The Labute approximate surface area is 230 Å². The fraction of sp³-hybridized carbons (Fsp3) is 0.0357. The van der Waals surface area contributed by atoms with Crippen LogP contribution in [0.25, 0.3) is 22.3 Å². The SMILES string of the molecule is O=c1c2ccccc2nc(-c2ccccc2)n1N=Cc1cc(Cl)c(OCc2ccc(Br)cc2)c([N+](=O)[O-])c1. The molecule has 0 bridgehead atoms. The van der Waals surface area contributed by atoms with Crippen molar-refractivity contribution in [1.82, 2.24) is 9.66 Å². The Balaban J connectivity index is 1.54. The number of para-hydroxylation sites is 1. The van der Waals surface area contributed by atoms with E-state index in [2.05, 4.69) is 26.0 Å². The lowest BCUT2D eigenvalue weighted by molar-refractivity contribution is -0.385. The van der Waals surface area contributed by atoms with Gasteiger partial charge >= 0.3 is 5.69 Å². The molecule has 0 aliphatic rings. The van der Waals surface area contributed by atoms with Crippen molar-refractivity contribution >= 4 is 50.3 Å². The van der Waals surface area contributed by atoms with Crippen molar-refractivity contribution in [3.63, 3.8) is 0 Å². The van der Waals surface area contributed by atoms with Crippen molar-refractivity contribution in [2.24, 2.45) is 5.10 Å². The molecule has 0 saturated carbocycles. The summed E-state index contributed by atoms with van der Waals surface area (Å²) in [6, 6.07) is 26.3. The van der Waals surface area contributed by atoms with Crippen molar-refractivity contribution in [3.05, 3.63) is 132 Å². The van der Waals surface area contributed by atoms with Crippen LogP contribution in [-0.2, 0) is 6.61 Å². The topological polar surface area (TPSA) is 99.6 Å². The molecule has 0 spiro atoms. The highest BCUT2D eigenvalue weighted by molar-refractivity contribution is 9.10. The van der Waals surface area contributed by atoms with E-state index in [1.165, 1.54) is 23.0 Å². The maximum atomic E-state index is 13.3. The van der Waals surface area contributed by atoms with Gasteiger partial charge < -0.3 is 4.74 Å². The molecule has 0 aliphatic heterocycles. The number of ether oxygens (including phenoxy) is 1. The zero-order valence-corrected chi connectivity index (χ0v) is 22.0. The molecule has 5 rings (SSSR count). The number of nitrogens with zero attached hydrogens (tertiary/aromatic N) is 4. The second kappa shape index (κ2) is 11.0. The first-order valence-electron chi connectivity index (χ1n) is 11.4. The molecular weight excluding hydrogens is 572 g/mol. The molecule has 188 valence electrons. The molecule has 1 aromatic heterocycles. The molecule has 0 N–H and O–H groups in total. The molecule has 0 radical (unpaired) electrons. The van der Waals surface area contributed by atoms with E-state index in [9.17, 15) is 14.9 Å². The molecular formula is C28H18BrClN4O4. The number of halogens is 2. The second-order valence-corrected chi connectivity index (χ2v) is 9.53. The molecule has 0 fully saturated rings. The van der Waals surface area contributed by atoms with E-state index in [-0.39, 0.29) is 28.6 Å². The first-order chi connectivity index (χ1) is 18.4. The Bertz CT molecular complexity index is 1740. The highest BCUT2D eigenvalue weighted by Gasteiger charge is 2.21. The van der Waals surface area contributed by atoms with E-state index in [4.69, 9.17) is 16.3 Å². The maximum Gasteiger partial charge on any atom is 0.313 e. The van der Waals surface area contributed by atoms with Gasteiger partial charge in [0.25, 0.3) is 5.56 Å². The number of fused-ring (bicyclic) bond motifs is 1. The minimum atomic E-state index is -0.570. The van der Waals surface area contributed by atoms with E-state index in [1.807, 2.05) is 54.6 Å². The van der Waals surface area contributed by atoms with Gasteiger partial charge in [0.2, 0.25) is 5.75 Å². The molecule has 0 unspecified atom stereocenters. The van der Waals surface area contributed by atoms with Crippen LogP contribution in [0.2, 0.25) is 5.02 Å². The van der Waals surface area contributed by atoms with Crippen LogP contribution in [0.3, 0.4) is 0 Å². The Hall–Kier alpha value is -4.34. The van der Waals surface area contributed by atoms with E-state index >= 15 is 0 Å². The number of nitro benzene ring substituents is 1. The van der Waals surface area contributed by atoms with Crippen LogP contribution in [-0.4, -0.2) is 20.8 Å². The summed E-state index contributed by atoms with van der Waals surface area (Å²) in [5.74, 6) is 0.284. The van der Waals surface area contributed by atoms with Gasteiger partial charge in [-0.05, 0) is 35.9 Å². The molecule has 38 heavy (non-hydrogen) atoms. The van der Waals surface area contributed by atoms with Crippen LogP contribution in [0.15, 0.2) is 105 Å². The van der Waals surface area contributed by atoms with E-state index in [1.54, 1.807) is 24.3 Å². The Morgan fingerprint density at radius 3 is 2.47 bits per heavy atom. The van der Waals surface area contributed by atoms with Crippen LogP contribution in [0, 0.1) is 10.1 Å². The molecule has 8 nitrogen and oxygen atoms in total. The van der Waals surface area contributed by atoms with Crippen LogP contribution in [0.1, 0.15) is 11.1 Å². The van der Waals surface area contributed by atoms with Crippen LogP contribution in [0.4, 0.5) is 5.69 Å². The predicted molar refractivity (Wildman–Crippen MR) is 151 cm³/mol. The number of rotatable bonds is 7. The average molecular weight is 590 g/mol. The lowest BCUT2D eigenvalue weighted by Gasteiger charge is -2.11. The Morgan fingerprint density at radius 2 is 1.74 bits per heavy atom. The van der Waals surface area contributed by atoms with Gasteiger partial charge in [-0.25, -0.2) is 4.98 Å². The summed E-state index contributed by atoms with van der Waals surface area (Å²) >= 11 is 9.78. The lowest BCUT2D eigenvalue weighted by Crippen LogP contribution is -2.20. The monoisotopic (exact) mass is 588 g/mol. The zero-order valence-electron chi connectivity index (χ0n) is 19.6. The first kappa shape index (κ1) is 25.3. The number of benzene rings is 4. The van der Waals surface area contributed by atoms with Crippen molar-refractivity contribution in [1.29, 1.82) is 0 Å². The average Bonchev–Trinajstić information content (AvgIpc) is 2.93. The van der Waals surface area contributed by atoms with Crippen molar-refractivity contribution in [2.45, 2.75) is 6.61 Å². The molecule has 5 aromatic rings. The summed E-state index contributed by atoms with van der Waals surface area (Å²) in [6.45, 7) is 0.0971. The highest BCUT2D eigenvalue weighted by atomic mass is 79.9. The van der Waals surface area contributed by atoms with Gasteiger partial charge in [-0.2, -0.15) is 9.78 Å². The summed E-state index contributed by atoms with van der Waals surface area (Å²) in [5.41, 5.74) is 1.67. The molecule has 0 saturated heterocycles. The molecule has 10 heteroatoms. The van der Waals surface area contributed by atoms with Crippen molar-refractivity contribution in [3.8, 4) is 17.1 Å². The number of hydrogen-bond acceptors (Lipinski definition) is 6. The maximum absolute atomic E-state index is 13.3. The number of nitro groups is 1. The Morgan fingerprint density at radius 1 is 1.03 bits per heavy atom. The molecule has 0 amide bonds. The van der Waals surface area contributed by atoms with Gasteiger partial charge in [-0.1, -0.05) is 82.1 Å². The van der Waals surface area contributed by atoms with Gasteiger partial charge in [0.1, 0.15) is 6.61 Å². The highest BCUT2D eigenvalue weighted by Crippen LogP contribution is 2.36. The van der Waals surface area contributed by atoms with Crippen LogP contribution >= 0.6 is 27.5 Å². The minimum absolute atomic E-state index is 0.0463. The third kappa shape index (κ3) is 5.34. The second-order valence-electron chi connectivity index (χ2n) is 8.20. The lowest BCUT2D eigenvalue weighted by atomic mass is 10.2. The molecule has 0 aliphatic carbocycles. The van der Waals surface area contributed by atoms with E-state index in [0.717, 1.165) is 10.0 Å². The fourth-order valence-electron chi connectivity index (χ4n) is 3.82. The molecule has 0 atom stereocenters. The largest absolute Gasteiger partial charge is 0.481 e. The molecule has 1 heterocycles. The van der Waals surface area contributed by atoms with Crippen LogP contribution < -0.4 is 10.3 Å². The van der Waals surface area contributed by atoms with Crippen molar-refractivity contribution in [2.75, 3.05) is 0 Å². The summed E-state index contributed by atoms with van der Waals surface area (Å²) in [5, 5.41) is 16.7. The fourth-order valence-corrected chi connectivity index (χ4v) is 4.36. The van der Waals surface area contributed by atoms with Gasteiger partial charge in [0.05, 0.1) is 27.1 Å². The van der Waals surface area contributed by atoms with Crippen molar-refractivity contribution < 1.29 is 9.66 Å². The number of aromatic nitrogens is 2. The first-order valence-corrected chi connectivity index (χ1v) is 12.5. The third-order valence-corrected chi connectivity index (χ3v) is 6.46. The quantitative estimate of drug-likeness (QED) is 0.117. The van der Waals surface area contributed by atoms with Gasteiger partial charge in [-0.3, -0.25) is 14.9 Å². The summed E-state index contributed by atoms with van der Waals surface area (Å²) in [7, 11) is 0. The molecule has 4 aromatic carbocycles. The summed E-state index contributed by atoms with van der Waals surface area (Å²) in [4.78, 5) is 29.3. The predicted octanol–water partition coefficient (Wildman–Crippen LogP) is 6.85. The zero-order chi connectivity index (χ0) is 26.6. The number of hydrogen-bond donors (Lipinski definition) is 0. The smallest absolute Gasteiger partial charge is 0.313 e. The van der Waals surface area contributed by atoms with E-state index < -0.39 is 4.92 Å². The van der Waals surface area contributed by atoms with E-state index in [0.29, 0.717) is 27.9 Å². The van der Waals surface area contributed by atoms with Gasteiger partial charge in [0, 0.05) is 21.7 Å². The Kier molecular flexibility index (Phi) is 7.30. The summed E-state index contributed by atoms with van der Waals surface area (Å²) < 4.78 is 7.80. The van der Waals surface area contributed by atoms with Gasteiger partial charge in [0.15, 0.2) is 5.82 Å². The minimum Gasteiger partial charge on any atom is -0.481 e. The normalized spacial score (nSPS) is 11.2. The summed E-state index contributed by atoms with van der Waals surface area (Å²) in [6.07, 6.45) is 1.33. The third-order valence-electron chi connectivity index (χ3n) is 5.65. The van der Waals surface area contributed by atoms with Crippen LogP contribution in [0.5, 0.6) is 5.75 Å². The van der Waals surface area contributed by atoms with Gasteiger partial charge in [-0.15, -0.1) is 0 Å². The standard InChI is InChI=1S/C28H18BrClN4O4/c29-21-12-10-18(11-13-21)17-38-26-23(30)14-19(15-25(26)34(36)37)16-31-33-27(20-6-2-1-3-7-20)32-24-9-5-4-8-22(24)28(33)35/h1-16H,17H2.